The molecule has 0 aliphatic heterocycles. The van der Waals surface area contributed by atoms with Crippen LogP contribution in [-0.4, -0.2) is 15.5 Å². The summed E-state index contributed by atoms with van der Waals surface area (Å²) < 4.78 is 45.8. The number of hydrogen-bond acceptors (Lipinski definition) is 6. The van der Waals surface area contributed by atoms with Gasteiger partial charge in [-0.05, 0) is 19.1 Å². The van der Waals surface area contributed by atoms with Crippen LogP contribution in [0.15, 0.2) is 29.2 Å². The third-order valence-electron chi connectivity index (χ3n) is 1.64. The third-order valence-corrected chi connectivity index (χ3v) is 3.33. The van der Waals surface area contributed by atoms with E-state index in [9.17, 15) is 13.0 Å². The first-order chi connectivity index (χ1) is 7.45. The molecule has 1 atom stereocenters. The standard InChI is InChI=1S/C8H10O6PS/c1-7-3-5-8(6-4-7)16(10,11)14-13-15(9)12-2/h3-6H,1-2H3/q+1. The van der Waals surface area contributed by atoms with Crippen LogP contribution in [0, 0.1) is 6.92 Å². The zero-order chi connectivity index (χ0) is 12.2. The predicted octanol–water partition coefficient (Wildman–Crippen LogP) is 1.94. The Morgan fingerprint density at radius 2 is 1.75 bits per heavy atom. The van der Waals surface area contributed by atoms with Gasteiger partial charge in [0, 0.05) is 4.57 Å². The van der Waals surface area contributed by atoms with E-state index in [4.69, 9.17) is 0 Å². The Balaban J connectivity index is 2.78. The third kappa shape index (κ3) is 3.62. The van der Waals surface area contributed by atoms with Crippen LogP contribution in [0.25, 0.3) is 0 Å². The summed E-state index contributed by atoms with van der Waals surface area (Å²) in [5.41, 5.74) is 0.905. The van der Waals surface area contributed by atoms with Gasteiger partial charge in [0.05, 0.1) is 16.7 Å². The van der Waals surface area contributed by atoms with Crippen LogP contribution in [0.2, 0.25) is 0 Å². The molecule has 8 heteroatoms. The van der Waals surface area contributed by atoms with Crippen molar-refractivity contribution in [1.29, 1.82) is 0 Å². The molecular weight excluding hydrogens is 255 g/mol. The predicted molar refractivity (Wildman–Crippen MR) is 55.2 cm³/mol. The van der Waals surface area contributed by atoms with Crippen LogP contribution in [0.4, 0.5) is 0 Å². The summed E-state index contributed by atoms with van der Waals surface area (Å²) in [5.74, 6) is 0. The van der Waals surface area contributed by atoms with Gasteiger partial charge in [-0.1, -0.05) is 22.0 Å². The first kappa shape index (κ1) is 13.2. The maximum atomic E-state index is 11.4. The Morgan fingerprint density at radius 1 is 1.19 bits per heavy atom. The molecule has 6 nitrogen and oxygen atoms in total. The van der Waals surface area contributed by atoms with Gasteiger partial charge in [0.1, 0.15) is 0 Å². The highest BCUT2D eigenvalue weighted by atomic mass is 32.2. The van der Waals surface area contributed by atoms with Gasteiger partial charge in [-0.3, -0.25) is 0 Å². The summed E-state index contributed by atoms with van der Waals surface area (Å²) in [6.45, 7) is 1.82. The molecule has 0 saturated carbocycles. The summed E-state index contributed by atoms with van der Waals surface area (Å²) in [6, 6.07) is 5.92. The van der Waals surface area contributed by atoms with Crippen molar-refractivity contribution < 1.29 is 26.5 Å². The molecule has 1 rings (SSSR count). The molecule has 0 heterocycles. The lowest BCUT2D eigenvalue weighted by Crippen LogP contribution is -2.04. The molecule has 0 spiro atoms. The molecule has 1 aromatic carbocycles. The molecule has 0 fully saturated rings. The van der Waals surface area contributed by atoms with Crippen molar-refractivity contribution in [3.63, 3.8) is 0 Å². The molecule has 16 heavy (non-hydrogen) atoms. The lowest BCUT2D eigenvalue weighted by molar-refractivity contribution is -0.0962. The molecular formula is C8H10O6PS+. The van der Waals surface area contributed by atoms with E-state index >= 15 is 0 Å². The normalized spacial score (nSPS) is 12.5. The lowest BCUT2D eigenvalue weighted by atomic mass is 10.2. The highest BCUT2D eigenvalue weighted by Gasteiger charge is 2.26. The van der Waals surface area contributed by atoms with Gasteiger partial charge in [0.25, 0.3) is 0 Å². The number of rotatable bonds is 5. The maximum absolute atomic E-state index is 11.4. The number of benzene rings is 1. The van der Waals surface area contributed by atoms with E-state index in [1.54, 1.807) is 12.1 Å². The van der Waals surface area contributed by atoms with E-state index in [-0.39, 0.29) is 4.90 Å². The fraction of sp³-hybridized carbons (Fsp3) is 0.250. The van der Waals surface area contributed by atoms with Gasteiger partial charge >= 0.3 is 18.4 Å². The Bertz CT molecular complexity index is 466. The van der Waals surface area contributed by atoms with Gasteiger partial charge < -0.3 is 0 Å². The van der Waals surface area contributed by atoms with E-state index in [1.165, 1.54) is 12.1 Å². The molecule has 1 unspecified atom stereocenters. The second-order valence-corrected chi connectivity index (χ2v) is 5.29. The van der Waals surface area contributed by atoms with Crippen LogP contribution in [-0.2, 0) is 28.2 Å². The minimum absolute atomic E-state index is 0.0856. The molecule has 0 amide bonds. The van der Waals surface area contributed by atoms with Gasteiger partial charge in [-0.2, -0.15) is 8.42 Å². The van der Waals surface area contributed by atoms with Gasteiger partial charge in [0.15, 0.2) is 0 Å². The minimum atomic E-state index is -4.07. The SMILES string of the molecule is CO[P+](=O)OOS(=O)(=O)c1ccc(C)cc1. The maximum Gasteiger partial charge on any atom is 0.729 e. The van der Waals surface area contributed by atoms with Crippen LogP contribution >= 0.6 is 8.25 Å². The number of aryl methyl sites for hydroxylation is 1. The molecule has 0 N–H and O–H groups in total. The van der Waals surface area contributed by atoms with Crippen molar-refractivity contribution in [2.75, 3.05) is 7.11 Å². The quantitative estimate of drug-likeness (QED) is 0.460. The fourth-order valence-electron chi connectivity index (χ4n) is 0.840. The van der Waals surface area contributed by atoms with E-state index in [0.717, 1.165) is 12.7 Å². The van der Waals surface area contributed by atoms with Crippen molar-refractivity contribution in [2.45, 2.75) is 11.8 Å². The molecule has 88 valence electrons. The number of hydrogen-bond donors (Lipinski definition) is 0. The Morgan fingerprint density at radius 3 is 2.25 bits per heavy atom. The molecule has 0 radical (unpaired) electrons. The van der Waals surface area contributed by atoms with Crippen LogP contribution < -0.4 is 0 Å². The van der Waals surface area contributed by atoms with Crippen molar-refractivity contribution in [3.8, 4) is 0 Å². The highest BCUT2D eigenvalue weighted by Crippen LogP contribution is 2.25. The Labute approximate surface area is 94.1 Å². The van der Waals surface area contributed by atoms with Crippen molar-refractivity contribution in [2.24, 2.45) is 0 Å². The van der Waals surface area contributed by atoms with E-state index in [0.29, 0.717) is 0 Å². The van der Waals surface area contributed by atoms with Gasteiger partial charge in [-0.25, -0.2) is 0 Å². The minimum Gasteiger partial charge on any atom is -0.191 e. The highest BCUT2D eigenvalue weighted by molar-refractivity contribution is 7.86. The summed E-state index contributed by atoms with van der Waals surface area (Å²) >= 11 is 0. The monoisotopic (exact) mass is 265 g/mol. The summed E-state index contributed by atoms with van der Waals surface area (Å²) in [6.07, 6.45) is 0. The topological polar surface area (TPSA) is 78.9 Å². The second kappa shape index (κ2) is 5.47. The largest absolute Gasteiger partial charge is 0.729 e. The lowest BCUT2D eigenvalue weighted by Gasteiger charge is -1.99. The van der Waals surface area contributed by atoms with Crippen LogP contribution in [0.3, 0.4) is 0 Å². The summed E-state index contributed by atoms with van der Waals surface area (Å²) in [4.78, 5) is -0.0856. The zero-order valence-corrected chi connectivity index (χ0v) is 10.3. The molecule has 0 aliphatic carbocycles. The summed E-state index contributed by atoms with van der Waals surface area (Å²) in [5, 5.41) is 0. The summed E-state index contributed by atoms with van der Waals surface area (Å²) in [7, 11) is -5.56. The molecule has 1 aromatic rings. The van der Waals surface area contributed by atoms with Crippen molar-refractivity contribution in [1.82, 2.24) is 0 Å². The van der Waals surface area contributed by atoms with E-state index in [1.807, 2.05) is 6.92 Å². The fourth-order valence-corrected chi connectivity index (χ4v) is 1.97. The van der Waals surface area contributed by atoms with E-state index in [2.05, 4.69) is 13.5 Å². The average Bonchev–Trinajstić information content (AvgIpc) is 2.26. The second-order valence-electron chi connectivity index (χ2n) is 2.82. The average molecular weight is 265 g/mol. The van der Waals surface area contributed by atoms with Crippen molar-refractivity contribution >= 4 is 18.4 Å². The molecule has 0 bridgehead atoms. The first-order valence-corrected chi connectivity index (χ1v) is 6.65. The first-order valence-electron chi connectivity index (χ1n) is 4.15. The molecule has 0 saturated heterocycles. The van der Waals surface area contributed by atoms with Crippen molar-refractivity contribution in [3.05, 3.63) is 29.8 Å². The molecule has 0 aliphatic rings. The smallest absolute Gasteiger partial charge is 0.191 e. The van der Waals surface area contributed by atoms with Gasteiger partial charge in [0.2, 0.25) is 0 Å². The van der Waals surface area contributed by atoms with E-state index < -0.39 is 18.4 Å². The molecule has 0 aromatic heterocycles. The van der Waals surface area contributed by atoms with Gasteiger partial charge in [-0.15, -0.1) is 4.52 Å². The Kier molecular flexibility index (Phi) is 4.52. The van der Waals surface area contributed by atoms with Crippen LogP contribution in [0.5, 0.6) is 0 Å². The Hall–Kier alpha value is -0.850. The van der Waals surface area contributed by atoms with Crippen LogP contribution in [0.1, 0.15) is 5.56 Å². The zero-order valence-electron chi connectivity index (χ0n) is 8.61.